The van der Waals surface area contributed by atoms with Crippen LogP contribution in [0.5, 0.6) is 0 Å². The van der Waals surface area contributed by atoms with Crippen LogP contribution in [0.15, 0.2) is 29.6 Å². The minimum Gasteiger partial charge on any atom is -0.320 e. The van der Waals surface area contributed by atoms with E-state index in [-0.39, 0.29) is 5.54 Å². The maximum atomic E-state index is 6.23. The molecule has 1 aromatic carbocycles. The molecule has 0 aliphatic rings. The van der Waals surface area contributed by atoms with Crippen molar-refractivity contribution in [2.45, 2.75) is 25.8 Å². The van der Waals surface area contributed by atoms with Gasteiger partial charge in [0.25, 0.3) is 0 Å². The summed E-state index contributed by atoms with van der Waals surface area (Å²) in [5, 5.41) is 3.99. The molecule has 0 amide bonds. The first kappa shape index (κ1) is 12.7. The molecule has 3 nitrogen and oxygen atoms in total. The monoisotopic (exact) mass is 289 g/mol. The highest BCUT2D eigenvalue weighted by molar-refractivity contribution is 7.21. The molecule has 0 radical (unpaired) electrons. The smallest absolute Gasteiger partial charge is 0.143 e. The van der Waals surface area contributed by atoms with E-state index in [1.165, 1.54) is 4.70 Å². The third-order valence-electron chi connectivity index (χ3n) is 3.24. The second-order valence-electron chi connectivity index (χ2n) is 4.80. The number of aromatic nitrogens is 2. The number of benzene rings is 1. The Morgan fingerprint density at radius 2 is 2.05 bits per heavy atom. The van der Waals surface area contributed by atoms with Crippen LogP contribution >= 0.6 is 22.7 Å². The lowest BCUT2D eigenvalue weighted by Gasteiger charge is -2.18. The molecule has 19 heavy (non-hydrogen) atoms. The van der Waals surface area contributed by atoms with Gasteiger partial charge < -0.3 is 5.73 Å². The van der Waals surface area contributed by atoms with Gasteiger partial charge in [0.1, 0.15) is 15.7 Å². The van der Waals surface area contributed by atoms with E-state index in [1.807, 2.05) is 30.5 Å². The van der Waals surface area contributed by atoms with Crippen LogP contribution in [0.1, 0.15) is 25.3 Å². The van der Waals surface area contributed by atoms with E-state index >= 15 is 0 Å². The zero-order valence-corrected chi connectivity index (χ0v) is 12.5. The summed E-state index contributed by atoms with van der Waals surface area (Å²) in [7, 11) is 0. The van der Waals surface area contributed by atoms with Crippen LogP contribution in [0.3, 0.4) is 0 Å². The van der Waals surface area contributed by atoms with Gasteiger partial charge in [-0.2, -0.15) is 0 Å². The molecule has 2 aromatic heterocycles. The Bertz CT molecular complexity index is 679. The van der Waals surface area contributed by atoms with Crippen LogP contribution in [-0.4, -0.2) is 9.97 Å². The number of hydrogen-bond donors (Lipinski definition) is 1. The second-order valence-corrected chi connectivity index (χ2v) is 6.68. The van der Waals surface area contributed by atoms with Crippen molar-refractivity contribution < 1.29 is 0 Å². The summed E-state index contributed by atoms with van der Waals surface area (Å²) in [6, 6.07) is 8.15. The molecular formula is C14H15N3S2. The Morgan fingerprint density at radius 3 is 2.79 bits per heavy atom. The zero-order valence-electron chi connectivity index (χ0n) is 10.9. The largest absolute Gasteiger partial charge is 0.320 e. The van der Waals surface area contributed by atoms with Crippen molar-refractivity contribution in [1.29, 1.82) is 0 Å². The van der Waals surface area contributed by atoms with Gasteiger partial charge in [0, 0.05) is 5.38 Å². The molecule has 2 N–H and O–H groups in total. The van der Waals surface area contributed by atoms with Crippen LogP contribution in [0.25, 0.3) is 20.9 Å². The van der Waals surface area contributed by atoms with Gasteiger partial charge in [0.15, 0.2) is 0 Å². The van der Waals surface area contributed by atoms with Crippen molar-refractivity contribution in [2.24, 2.45) is 5.73 Å². The number of nitrogens with zero attached hydrogens (tertiary/aromatic N) is 2. The molecule has 0 aliphatic heterocycles. The highest BCUT2D eigenvalue weighted by Crippen LogP contribution is 2.33. The van der Waals surface area contributed by atoms with Crippen molar-refractivity contribution in [3.05, 3.63) is 34.7 Å². The standard InChI is InChI=1S/C14H15N3S2/c1-3-14(2,15)13-17-10(8-18-13)12-16-9-6-4-5-7-11(9)19-12/h4-8H,3,15H2,1-2H3. The molecule has 5 heteroatoms. The summed E-state index contributed by atoms with van der Waals surface area (Å²) in [5.74, 6) is 0. The lowest BCUT2D eigenvalue weighted by molar-refractivity contribution is 0.474. The Labute approximate surface area is 120 Å². The molecule has 1 unspecified atom stereocenters. The highest BCUT2D eigenvalue weighted by atomic mass is 32.1. The van der Waals surface area contributed by atoms with Gasteiger partial charge in [-0.15, -0.1) is 22.7 Å². The first-order valence-electron chi connectivity index (χ1n) is 6.21. The van der Waals surface area contributed by atoms with E-state index in [9.17, 15) is 0 Å². The molecule has 0 spiro atoms. The molecule has 98 valence electrons. The van der Waals surface area contributed by atoms with E-state index in [4.69, 9.17) is 5.73 Å². The molecule has 0 saturated carbocycles. The fourth-order valence-electron chi connectivity index (χ4n) is 1.77. The Kier molecular flexibility index (Phi) is 3.12. The molecule has 2 heterocycles. The summed E-state index contributed by atoms with van der Waals surface area (Å²) in [5.41, 5.74) is 7.85. The number of fused-ring (bicyclic) bond motifs is 1. The van der Waals surface area contributed by atoms with Gasteiger partial charge in [-0.25, -0.2) is 9.97 Å². The van der Waals surface area contributed by atoms with Gasteiger partial charge in [-0.05, 0) is 25.5 Å². The summed E-state index contributed by atoms with van der Waals surface area (Å²) >= 11 is 3.29. The maximum Gasteiger partial charge on any atom is 0.143 e. The Morgan fingerprint density at radius 1 is 1.26 bits per heavy atom. The highest BCUT2D eigenvalue weighted by Gasteiger charge is 2.23. The van der Waals surface area contributed by atoms with Crippen LogP contribution in [0.2, 0.25) is 0 Å². The lowest BCUT2D eigenvalue weighted by Crippen LogP contribution is -2.31. The van der Waals surface area contributed by atoms with E-state index < -0.39 is 0 Å². The summed E-state index contributed by atoms with van der Waals surface area (Å²) in [6.07, 6.45) is 0.875. The normalized spacial score (nSPS) is 14.7. The number of rotatable bonds is 3. The fourth-order valence-corrected chi connectivity index (χ4v) is 3.72. The molecule has 3 aromatic rings. The van der Waals surface area contributed by atoms with Gasteiger partial charge in [0.2, 0.25) is 0 Å². The molecule has 0 fully saturated rings. The zero-order chi connectivity index (χ0) is 13.5. The van der Waals surface area contributed by atoms with Crippen LogP contribution < -0.4 is 5.73 Å². The first-order chi connectivity index (χ1) is 9.10. The summed E-state index contributed by atoms with van der Waals surface area (Å²) in [6.45, 7) is 4.10. The number of para-hydroxylation sites is 1. The van der Waals surface area contributed by atoms with Crippen molar-refractivity contribution in [3.63, 3.8) is 0 Å². The van der Waals surface area contributed by atoms with Crippen LogP contribution in [0.4, 0.5) is 0 Å². The number of nitrogens with two attached hydrogens (primary N) is 1. The van der Waals surface area contributed by atoms with Crippen molar-refractivity contribution >= 4 is 32.9 Å². The van der Waals surface area contributed by atoms with E-state index in [2.05, 4.69) is 23.0 Å². The molecule has 0 bridgehead atoms. The first-order valence-corrected chi connectivity index (χ1v) is 7.90. The van der Waals surface area contributed by atoms with Crippen molar-refractivity contribution in [2.75, 3.05) is 0 Å². The maximum absolute atomic E-state index is 6.23. The molecule has 0 aliphatic carbocycles. The average Bonchev–Trinajstić information content (AvgIpc) is 3.05. The predicted octanol–water partition coefficient (Wildman–Crippen LogP) is 4.00. The summed E-state index contributed by atoms with van der Waals surface area (Å²) < 4.78 is 1.19. The van der Waals surface area contributed by atoms with Crippen LogP contribution in [0, 0.1) is 0 Å². The van der Waals surface area contributed by atoms with E-state index in [0.717, 1.165) is 27.6 Å². The molecular weight excluding hydrogens is 274 g/mol. The molecule has 0 saturated heterocycles. The van der Waals surface area contributed by atoms with Gasteiger partial charge >= 0.3 is 0 Å². The molecule has 1 atom stereocenters. The minimum absolute atomic E-state index is 0.348. The van der Waals surface area contributed by atoms with E-state index in [0.29, 0.717) is 0 Å². The van der Waals surface area contributed by atoms with Crippen LogP contribution in [-0.2, 0) is 5.54 Å². The van der Waals surface area contributed by atoms with Crippen molar-refractivity contribution in [1.82, 2.24) is 9.97 Å². The third-order valence-corrected chi connectivity index (χ3v) is 5.42. The third kappa shape index (κ3) is 2.29. The quantitative estimate of drug-likeness (QED) is 0.792. The lowest BCUT2D eigenvalue weighted by atomic mass is 10.0. The van der Waals surface area contributed by atoms with Gasteiger partial charge in [-0.3, -0.25) is 0 Å². The Balaban J connectivity index is 2.03. The van der Waals surface area contributed by atoms with E-state index in [1.54, 1.807) is 22.7 Å². The topological polar surface area (TPSA) is 51.8 Å². The van der Waals surface area contributed by atoms with Gasteiger partial charge in [0.05, 0.1) is 15.8 Å². The fraction of sp³-hybridized carbons (Fsp3) is 0.286. The van der Waals surface area contributed by atoms with Crippen molar-refractivity contribution in [3.8, 4) is 10.7 Å². The van der Waals surface area contributed by atoms with Gasteiger partial charge in [-0.1, -0.05) is 19.1 Å². The molecule has 3 rings (SSSR count). The second kappa shape index (κ2) is 4.67. The minimum atomic E-state index is -0.348. The number of thiazole rings is 2. The SMILES string of the molecule is CCC(C)(N)c1nc(-c2nc3ccccc3s2)cs1. The average molecular weight is 289 g/mol. The number of hydrogen-bond acceptors (Lipinski definition) is 5. The Hall–Kier alpha value is -1.30. The predicted molar refractivity (Wildman–Crippen MR) is 82.6 cm³/mol. The summed E-state index contributed by atoms with van der Waals surface area (Å²) in [4.78, 5) is 9.29.